The Morgan fingerprint density at radius 1 is 1.00 bits per heavy atom. The van der Waals surface area contributed by atoms with Gasteiger partial charge in [-0.15, -0.1) is 0 Å². The molecule has 1 aromatic heterocycles. The SMILES string of the molecule is Cc1nn(-c2ccccc2)c(C)c1C(=O)Nc1cc(Oc2cccc(C(F)(F)F)c2)cc([N+](=O)[O-])c1. The number of anilines is 1. The lowest BCUT2D eigenvalue weighted by Gasteiger charge is -2.12. The Balaban J connectivity index is 1.64. The van der Waals surface area contributed by atoms with Crippen LogP contribution in [0.4, 0.5) is 24.5 Å². The van der Waals surface area contributed by atoms with E-state index in [1.807, 2.05) is 30.3 Å². The van der Waals surface area contributed by atoms with Crippen molar-refractivity contribution in [3.63, 3.8) is 0 Å². The minimum Gasteiger partial charge on any atom is -0.457 e. The Bertz CT molecular complexity index is 1450. The van der Waals surface area contributed by atoms with Crippen molar-refractivity contribution in [2.45, 2.75) is 20.0 Å². The highest BCUT2D eigenvalue weighted by Gasteiger charge is 2.30. The first-order valence-corrected chi connectivity index (χ1v) is 10.6. The van der Waals surface area contributed by atoms with Crippen LogP contribution in [0.5, 0.6) is 11.5 Å². The second-order valence-corrected chi connectivity index (χ2v) is 7.85. The molecule has 4 aromatic rings. The molecule has 8 nitrogen and oxygen atoms in total. The molecule has 0 atom stereocenters. The molecule has 11 heteroatoms. The van der Waals surface area contributed by atoms with E-state index in [0.717, 1.165) is 36.0 Å². The third kappa shape index (κ3) is 5.19. The van der Waals surface area contributed by atoms with Gasteiger partial charge in [-0.1, -0.05) is 24.3 Å². The van der Waals surface area contributed by atoms with Gasteiger partial charge in [0.2, 0.25) is 0 Å². The Morgan fingerprint density at radius 3 is 2.39 bits per heavy atom. The zero-order chi connectivity index (χ0) is 26.0. The lowest BCUT2D eigenvalue weighted by Crippen LogP contribution is -2.14. The monoisotopic (exact) mass is 496 g/mol. The summed E-state index contributed by atoms with van der Waals surface area (Å²) in [6.07, 6.45) is -4.58. The van der Waals surface area contributed by atoms with E-state index in [0.29, 0.717) is 11.4 Å². The summed E-state index contributed by atoms with van der Waals surface area (Å²) in [6, 6.07) is 16.8. The number of nitro groups is 1. The van der Waals surface area contributed by atoms with Crippen LogP contribution in [-0.4, -0.2) is 20.6 Å². The van der Waals surface area contributed by atoms with Gasteiger partial charge in [0.25, 0.3) is 11.6 Å². The zero-order valence-corrected chi connectivity index (χ0v) is 19.0. The first-order valence-electron chi connectivity index (χ1n) is 10.6. The summed E-state index contributed by atoms with van der Waals surface area (Å²) in [4.78, 5) is 23.9. The normalized spacial score (nSPS) is 11.2. The number of non-ortho nitro benzene ring substituents is 1. The summed E-state index contributed by atoms with van der Waals surface area (Å²) >= 11 is 0. The minimum atomic E-state index is -4.58. The molecule has 1 amide bonds. The lowest BCUT2D eigenvalue weighted by atomic mass is 10.1. The summed E-state index contributed by atoms with van der Waals surface area (Å²) in [5.74, 6) is -0.844. The number of hydrogen-bond donors (Lipinski definition) is 1. The van der Waals surface area contributed by atoms with Gasteiger partial charge in [0.1, 0.15) is 11.5 Å². The molecule has 184 valence electrons. The number of halogens is 3. The van der Waals surface area contributed by atoms with Crippen molar-refractivity contribution >= 4 is 17.3 Å². The van der Waals surface area contributed by atoms with Crippen LogP contribution in [0.1, 0.15) is 27.3 Å². The number of aromatic nitrogens is 2. The van der Waals surface area contributed by atoms with Crippen molar-refractivity contribution in [2.75, 3.05) is 5.32 Å². The lowest BCUT2D eigenvalue weighted by molar-refractivity contribution is -0.384. The van der Waals surface area contributed by atoms with E-state index in [-0.39, 0.29) is 22.7 Å². The Hall–Kier alpha value is -4.67. The quantitative estimate of drug-likeness (QED) is 0.244. The largest absolute Gasteiger partial charge is 0.457 e. The minimum absolute atomic E-state index is 0.0300. The molecule has 1 N–H and O–H groups in total. The third-order valence-electron chi connectivity index (χ3n) is 5.28. The maximum absolute atomic E-state index is 13.1. The second-order valence-electron chi connectivity index (χ2n) is 7.85. The molecule has 0 spiro atoms. The van der Waals surface area contributed by atoms with Gasteiger partial charge in [-0.05, 0) is 44.2 Å². The average molecular weight is 496 g/mol. The number of hydrogen-bond acceptors (Lipinski definition) is 5. The Labute approximate surface area is 203 Å². The van der Waals surface area contributed by atoms with E-state index >= 15 is 0 Å². The van der Waals surface area contributed by atoms with E-state index < -0.39 is 28.3 Å². The van der Waals surface area contributed by atoms with Gasteiger partial charge in [-0.25, -0.2) is 4.68 Å². The highest BCUT2D eigenvalue weighted by Crippen LogP contribution is 2.34. The molecule has 0 saturated heterocycles. The molecule has 4 rings (SSSR count). The number of alkyl halides is 3. The number of nitrogens with one attached hydrogen (secondary N) is 1. The molecular weight excluding hydrogens is 477 g/mol. The molecule has 0 aliphatic heterocycles. The number of para-hydroxylation sites is 1. The third-order valence-corrected chi connectivity index (χ3v) is 5.28. The number of carbonyl (C=O) groups is 1. The van der Waals surface area contributed by atoms with Crippen LogP contribution in [0, 0.1) is 24.0 Å². The van der Waals surface area contributed by atoms with Crippen LogP contribution in [0.25, 0.3) is 5.69 Å². The summed E-state index contributed by atoms with van der Waals surface area (Å²) in [5, 5.41) is 18.5. The number of rotatable bonds is 6. The smallest absolute Gasteiger partial charge is 0.416 e. The van der Waals surface area contributed by atoms with Crippen molar-refractivity contribution in [3.05, 3.63) is 105 Å². The van der Waals surface area contributed by atoms with Gasteiger partial charge in [0.05, 0.1) is 44.9 Å². The second kappa shape index (κ2) is 9.53. The van der Waals surface area contributed by atoms with E-state index in [1.165, 1.54) is 12.1 Å². The summed E-state index contributed by atoms with van der Waals surface area (Å²) in [5.41, 5.74) is 0.725. The fraction of sp³-hybridized carbons (Fsp3) is 0.120. The first-order chi connectivity index (χ1) is 17.0. The highest BCUT2D eigenvalue weighted by molar-refractivity contribution is 6.06. The predicted octanol–water partition coefficient (Wildman–Crippen LogP) is 6.46. The molecule has 0 unspecified atom stereocenters. The van der Waals surface area contributed by atoms with Crippen LogP contribution < -0.4 is 10.1 Å². The van der Waals surface area contributed by atoms with Gasteiger partial charge in [-0.2, -0.15) is 18.3 Å². The van der Waals surface area contributed by atoms with E-state index in [2.05, 4.69) is 10.4 Å². The highest BCUT2D eigenvalue weighted by atomic mass is 19.4. The maximum Gasteiger partial charge on any atom is 0.416 e. The molecule has 0 saturated carbocycles. The van der Waals surface area contributed by atoms with Gasteiger partial charge in [0.15, 0.2) is 0 Å². The summed E-state index contributed by atoms with van der Waals surface area (Å²) in [7, 11) is 0. The van der Waals surface area contributed by atoms with E-state index in [9.17, 15) is 28.1 Å². The standard InChI is InChI=1S/C25H19F3N4O4/c1-15-23(16(2)31(30-15)19-8-4-3-5-9-19)24(33)29-18-12-20(32(34)35)14-22(13-18)36-21-10-6-7-17(11-21)25(26,27)28/h3-14H,1-2H3,(H,29,33). The van der Waals surface area contributed by atoms with Gasteiger partial charge in [-0.3, -0.25) is 14.9 Å². The maximum atomic E-state index is 13.1. The Kier molecular flexibility index (Phi) is 6.47. The van der Waals surface area contributed by atoms with E-state index in [4.69, 9.17) is 4.74 Å². The number of aryl methyl sites for hydroxylation is 1. The number of benzene rings is 3. The first kappa shape index (κ1) is 24.5. The van der Waals surface area contributed by atoms with Crippen LogP contribution in [-0.2, 0) is 6.18 Å². The van der Waals surface area contributed by atoms with Crippen molar-refractivity contribution < 1.29 is 27.6 Å². The van der Waals surface area contributed by atoms with Crippen molar-refractivity contribution in [2.24, 2.45) is 0 Å². The number of carbonyl (C=O) groups excluding carboxylic acids is 1. The fourth-order valence-electron chi connectivity index (χ4n) is 3.68. The van der Waals surface area contributed by atoms with Gasteiger partial charge >= 0.3 is 6.18 Å². The summed E-state index contributed by atoms with van der Waals surface area (Å²) in [6.45, 7) is 3.38. The molecule has 0 fully saturated rings. The molecule has 0 bridgehead atoms. The summed E-state index contributed by atoms with van der Waals surface area (Å²) < 4.78 is 46.1. The molecule has 1 heterocycles. The molecule has 0 aliphatic carbocycles. The predicted molar refractivity (Wildman–Crippen MR) is 126 cm³/mol. The number of amides is 1. The topological polar surface area (TPSA) is 99.3 Å². The van der Waals surface area contributed by atoms with Crippen molar-refractivity contribution in [3.8, 4) is 17.2 Å². The van der Waals surface area contributed by atoms with Crippen molar-refractivity contribution in [1.29, 1.82) is 0 Å². The molecular formula is C25H19F3N4O4. The van der Waals surface area contributed by atoms with Crippen molar-refractivity contribution in [1.82, 2.24) is 9.78 Å². The molecule has 3 aromatic carbocycles. The molecule has 36 heavy (non-hydrogen) atoms. The van der Waals surface area contributed by atoms with Gasteiger partial charge in [0, 0.05) is 12.1 Å². The molecule has 0 radical (unpaired) electrons. The van der Waals surface area contributed by atoms with Crippen LogP contribution >= 0.6 is 0 Å². The van der Waals surface area contributed by atoms with Gasteiger partial charge < -0.3 is 10.1 Å². The van der Waals surface area contributed by atoms with Crippen LogP contribution in [0.3, 0.4) is 0 Å². The zero-order valence-electron chi connectivity index (χ0n) is 19.0. The van der Waals surface area contributed by atoms with Crippen LogP contribution in [0.2, 0.25) is 0 Å². The average Bonchev–Trinajstić information content (AvgIpc) is 3.13. The number of nitro benzene ring substituents is 1. The fourth-order valence-corrected chi connectivity index (χ4v) is 3.68. The van der Waals surface area contributed by atoms with E-state index in [1.54, 1.807) is 18.5 Å². The number of nitrogens with zero attached hydrogens (tertiary/aromatic N) is 3. The number of ether oxygens (including phenoxy) is 1. The Morgan fingerprint density at radius 2 is 1.72 bits per heavy atom. The molecule has 0 aliphatic rings. The van der Waals surface area contributed by atoms with Crippen LogP contribution in [0.15, 0.2) is 72.8 Å².